The molecule has 2 heterocycles. The first-order valence-corrected chi connectivity index (χ1v) is 10.3. The highest BCUT2D eigenvalue weighted by Gasteiger charge is 2.36. The van der Waals surface area contributed by atoms with Gasteiger partial charge in [-0.15, -0.1) is 0 Å². The van der Waals surface area contributed by atoms with Crippen LogP contribution < -0.4 is 4.74 Å². The van der Waals surface area contributed by atoms with E-state index in [4.69, 9.17) is 9.47 Å². The maximum absolute atomic E-state index is 12.8. The number of carbonyl (C=O) groups excluding carboxylic acids is 2. The molecule has 0 atom stereocenters. The van der Waals surface area contributed by atoms with E-state index >= 15 is 0 Å². The standard InChI is InChI=1S/C22H22N2O4S/c25-21-20(29-22(26)24(21)16-23-10-12-27-13-11-23)14-18-8-4-5-9-19(18)28-15-17-6-2-1-3-7-17/h1-9,14H,10-13,15-16H2/b20-14-. The second-order valence-electron chi connectivity index (χ2n) is 6.79. The number of imide groups is 1. The van der Waals surface area contributed by atoms with Crippen molar-refractivity contribution < 1.29 is 19.1 Å². The quantitative estimate of drug-likeness (QED) is 0.679. The molecule has 150 valence electrons. The first-order chi connectivity index (χ1) is 14.2. The van der Waals surface area contributed by atoms with Gasteiger partial charge < -0.3 is 9.47 Å². The molecule has 2 aromatic rings. The van der Waals surface area contributed by atoms with Gasteiger partial charge in [0.2, 0.25) is 0 Å². The molecule has 2 aliphatic heterocycles. The summed E-state index contributed by atoms with van der Waals surface area (Å²) in [6.07, 6.45) is 1.74. The van der Waals surface area contributed by atoms with Crippen LogP contribution >= 0.6 is 11.8 Å². The topological polar surface area (TPSA) is 59.1 Å². The average molecular weight is 410 g/mol. The van der Waals surface area contributed by atoms with Crippen LogP contribution in [0.25, 0.3) is 6.08 Å². The highest BCUT2D eigenvalue weighted by molar-refractivity contribution is 8.18. The second kappa shape index (κ2) is 9.26. The lowest BCUT2D eigenvalue weighted by atomic mass is 10.1. The Hall–Kier alpha value is -2.61. The van der Waals surface area contributed by atoms with Crippen molar-refractivity contribution >= 4 is 29.0 Å². The molecule has 0 aromatic heterocycles. The summed E-state index contributed by atoms with van der Waals surface area (Å²) in [5, 5.41) is -0.240. The van der Waals surface area contributed by atoms with Gasteiger partial charge in [0.25, 0.3) is 11.1 Å². The van der Waals surface area contributed by atoms with Crippen LogP contribution in [0.4, 0.5) is 4.79 Å². The number of carbonyl (C=O) groups is 2. The van der Waals surface area contributed by atoms with Gasteiger partial charge in [0.1, 0.15) is 12.4 Å². The largest absolute Gasteiger partial charge is 0.488 e. The van der Waals surface area contributed by atoms with Crippen molar-refractivity contribution in [2.24, 2.45) is 0 Å². The summed E-state index contributed by atoms with van der Waals surface area (Å²) in [6.45, 7) is 3.42. The van der Waals surface area contributed by atoms with Gasteiger partial charge >= 0.3 is 0 Å². The van der Waals surface area contributed by atoms with Gasteiger partial charge in [0.05, 0.1) is 24.8 Å². The van der Waals surface area contributed by atoms with Crippen molar-refractivity contribution in [3.05, 3.63) is 70.6 Å². The first kappa shape index (κ1) is 19.7. The van der Waals surface area contributed by atoms with Crippen LogP contribution in [0.5, 0.6) is 5.75 Å². The summed E-state index contributed by atoms with van der Waals surface area (Å²) in [6, 6.07) is 17.4. The van der Waals surface area contributed by atoms with Gasteiger partial charge in [-0.1, -0.05) is 48.5 Å². The number of ether oxygens (including phenoxy) is 2. The van der Waals surface area contributed by atoms with Crippen LogP contribution in [0.1, 0.15) is 11.1 Å². The maximum atomic E-state index is 12.8. The Labute approximate surface area is 174 Å². The van der Waals surface area contributed by atoms with Crippen molar-refractivity contribution in [2.75, 3.05) is 33.0 Å². The van der Waals surface area contributed by atoms with E-state index in [1.54, 1.807) is 6.08 Å². The third-order valence-corrected chi connectivity index (χ3v) is 5.67. The number of nitrogens with zero attached hydrogens (tertiary/aromatic N) is 2. The van der Waals surface area contributed by atoms with Gasteiger partial charge in [0, 0.05) is 18.7 Å². The molecule has 2 aliphatic rings. The molecule has 29 heavy (non-hydrogen) atoms. The normalized spacial score (nSPS) is 19.2. The van der Waals surface area contributed by atoms with Crippen molar-refractivity contribution in [1.29, 1.82) is 0 Å². The monoisotopic (exact) mass is 410 g/mol. The van der Waals surface area contributed by atoms with E-state index in [1.807, 2.05) is 54.6 Å². The smallest absolute Gasteiger partial charge is 0.294 e. The fourth-order valence-corrected chi connectivity index (χ4v) is 3.99. The van der Waals surface area contributed by atoms with E-state index in [2.05, 4.69) is 4.90 Å². The van der Waals surface area contributed by atoms with Crippen molar-refractivity contribution in [3.8, 4) is 5.75 Å². The molecule has 0 bridgehead atoms. The zero-order chi connectivity index (χ0) is 20.1. The predicted molar refractivity (Wildman–Crippen MR) is 112 cm³/mol. The number of para-hydroxylation sites is 1. The van der Waals surface area contributed by atoms with Crippen LogP contribution in [-0.4, -0.2) is 53.9 Å². The SMILES string of the molecule is O=C1S/C(=C\c2ccccc2OCc2ccccc2)C(=O)N1CN1CCOCC1. The second-order valence-corrected chi connectivity index (χ2v) is 7.79. The Balaban J connectivity index is 1.47. The number of hydrogen-bond acceptors (Lipinski definition) is 6. The van der Waals surface area contributed by atoms with Crippen molar-refractivity contribution in [3.63, 3.8) is 0 Å². The summed E-state index contributed by atoms with van der Waals surface area (Å²) in [7, 11) is 0. The minimum Gasteiger partial charge on any atom is -0.488 e. The molecule has 4 rings (SSSR count). The molecule has 2 amide bonds. The number of thioether (sulfide) groups is 1. The molecule has 6 nitrogen and oxygen atoms in total. The number of morpholine rings is 1. The first-order valence-electron chi connectivity index (χ1n) is 9.52. The Kier molecular flexibility index (Phi) is 6.29. The third-order valence-electron chi connectivity index (χ3n) is 4.76. The number of hydrogen-bond donors (Lipinski definition) is 0. The summed E-state index contributed by atoms with van der Waals surface area (Å²) < 4.78 is 11.3. The summed E-state index contributed by atoms with van der Waals surface area (Å²) >= 11 is 0.973. The number of rotatable bonds is 6. The van der Waals surface area contributed by atoms with Gasteiger partial charge in [-0.2, -0.15) is 0 Å². The molecule has 0 saturated carbocycles. The zero-order valence-corrected chi connectivity index (χ0v) is 16.8. The summed E-state index contributed by atoms with van der Waals surface area (Å²) in [5.41, 5.74) is 1.84. The predicted octanol–water partition coefficient (Wildman–Crippen LogP) is 3.59. The van der Waals surface area contributed by atoms with Crippen LogP contribution in [0.3, 0.4) is 0 Å². The lowest BCUT2D eigenvalue weighted by Crippen LogP contribution is -2.45. The molecule has 2 saturated heterocycles. The minimum atomic E-state index is -0.260. The van der Waals surface area contributed by atoms with Crippen LogP contribution in [0, 0.1) is 0 Å². The fraction of sp³-hybridized carbons (Fsp3) is 0.273. The Morgan fingerprint density at radius 3 is 2.52 bits per heavy atom. The van der Waals surface area contributed by atoms with E-state index < -0.39 is 0 Å². The van der Waals surface area contributed by atoms with Gasteiger partial charge in [0.15, 0.2) is 0 Å². The molecule has 0 spiro atoms. The molecule has 0 unspecified atom stereocenters. The van der Waals surface area contributed by atoms with Crippen LogP contribution in [-0.2, 0) is 16.1 Å². The lowest BCUT2D eigenvalue weighted by molar-refractivity contribution is -0.125. The molecule has 0 N–H and O–H groups in total. The summed E-state index contributed by atoms with van der Waals surface area (Å²) in [4.78, 5) is 29.0. The van der Waals surface area contributed by atoms with Gasteiger partial charge in [-0.3, -0.25) is 19.4 Å². The van der Waals surface area contributed by atoms with Crippen LogP contribution in [0.15, 0.2) is 59.5 Å². The highest BCUT2D eigenvalue weighted by Crippen LogP contribution is 2.34. The maximum Gasteiger partial charge on any atom is 0.294 e. The van der Waals surface area contributed by atoms with E-state index in [1.165, 1.54) is 4.90 Å². The lowest BCUT2D eigenvalue weighted by Gasteiger charge is -2.29. The summed E-state index contributed by atoms with van der Waals surface area (Å²) in [5.74, 6) is 0.417. The van der Waals surface area contributed by atoms with Gasteiger partial charge in [-0.05, 0) is 29.5 Å². The van der Waals surface area contributed by atoms with Gasteiger partial charge in [-0.25, -0.2) is 0 Å². The van der Waals surface area contributed by atoms with E-state index in [-0.39, 0.29) is 11.1 Å². The Morgan fingerprint density at radius 2 is 1.72 bits per heavy atom. The Bertz CT molecular complexity index is 910. The van der Waals surface area contributed by atoms with E-state index in [9.17, 15) is 9.59 Å². The van der Waals surface area contributed by atoms with Crippen molar-refractivity contribution in [1.82, 2.24) is 9.80 Å². The van der Waals surface area contributed by atoms with E-state index in [0.717, 1.165) is 36.0 Å². The Morgan fingerprint density at radius 1 is 1.00 bits per heavy atom. The molecule has 0 radical (unpaired) electrons. The highest BCUT2D eigenvalue weighted by atomic mass is 32.2. The zero-order valence-electron chi connectivity index (χ0n) is 16.0. The fourth-order valence-electron chi connectivity index (χ4n) is 3.17. The molecule has 7 heteroatoms. The molecule has 2 aromatic carbocycles. The number of benzene rings is 2. The molecular formula is C22H22N2O4S. The third kappa shape index (κ3) is 4.87. The minimum absolute atomic E-state index is 0.240. The van der Waals surface area contributed by atoms with Crippen LogP contribution in [0.2, 0.25) is 0 Å². The molecule has 0 aliphatic carbocycles. The molecule has 2 fully saturated rings. The number of amides is 2. The molecular weight excluding hydrogens is 388 g/mol. The van der Waals surface area contributed by atoms with Crippen molar-refractivity contribution in [2.45, 2.75) is 6.61 Å². The average Bonchev–Trinajstić information content (AvgIpc) is 3.02. The van der Waals surface area contributed by atoms with E-state index in [0.29, 0.717) is 37.1 Å².